The van der Waals surface area contributed by atoms with E-state index in [1.165, 1.54) is 0 Å². The smallest absolute Gasteiger partial charge is 0.329 e. The van der Waals surface area contributed by atoms with Crippen molar-refractivity contribution in [1.29, 1.82) is 0 Å². The van der Waals surface area contributed by atoms with E-state index in [1.54, 1.807) is 6.92 Å². The molecule has 1 aliphatic heterocycles. The summed E-state index contributed by atoms with van der Waals surface area (Å²) in [4.78, 5) is 33.2. The van der Waals surface area contributed by atoms with Gasteiger partial charge in [-0.2, -0.15) is 0 Å². The maximum absolute atomic E-state index is 11.1. The molecule has 0 aromatic rings. The monoisotopic (exact) mass is 186 g/mol. The Morgan fingerprint density at radius 2 is 2.31 bits per heavy atom. The van der Waals surface area contributed by atoms with Crippen LogP contribution < -0.4 is 5.73 Å². The number of imide groups is 1. The van der Waals surface area contributed by atoms with Crippen molar-refractivity contribution in [2.75, 3.05) is 6.61 Å². The molecule has 0 aromatic carbocycles. The Hall–Kier alpha value is -1.59. The molecule has 1 heterocycles. The summed E-state index contributed by atoms with van der Waals surface area (Å²) in [6, 6.07) is -1.72. The molecule has 6 nitrogen and oxygen atoms in total. The lowest BCUT2D eigenvalue weighted by Crippen LogP contribution is -2.61. The maximum atomic E-state index is 11.1. The van der Waals surface area contributed by atoms with Gasteiger partial charge in [-0.05, 0) is 6.92 Å². The number of amides is 3. The lowest BCUT2D eigenvalue weighted by atomic mass is 10.0. The van der Waals surface area contributed by atoms with E-state index in [0.29, 0.717) is 4.90 Å². The first kappa shape index (κ1) is 9.50. The first-order valence-electron chi connectivity index (χ1n) is 3.86. The van der Waals surface area contributed by atoms with Crippen LogP contribution in [0.5, 0.6) is 0 Å². The zero-order valence-corrected chi connectivity index (χ0v) is 7.15. The van der Waals surface area contributed by atoms with Gasteiger partial charge in [0, 0.05) is 0 Å². The van der Waals surface area contributed by atoms with Crippen molar-refractivity contribution in [3.8, 4) is 0 Å². The third-order valence-corrected chi connectivity index (χ3v) is 1.74. The average Bonchev–Trinajstić information content (AvgIpc) is 1.98. The Labute approximate surface area is 74.6 Å². The van der Waals surface area contributed by atoms with Gasteiger partial charge in [0.25, 0.3) is 0 Å². The van der Waals surface area contributed by atoms with Crippen LogP contribution in [0.15, 0.2) is 0 Å². The summed E-state index contributed by atoms with van der Waals surface area (Å²) in [6.45, 7) is 1.86. The molecule has 72 valence electrons. The van der Waals surface area contributed by atoms with Gasteiger partial charge >= 0.3 is 12.0 Å². The molecule has 1 rings (SSSR count). The van der Waals surface area contributed by atoms with Crippen LogP contribution >= 0.6 is 0 Å². The summed E-state index contributed by atoms with van der Waals surface area (Å²) in [5, 5.41) is 0. The number of carbonyl (C=O) groups is 3. The normalized spacial score (nSPS) is 20.8. The number of hydrogen-bond donors (Lipinski definition) is 1. The predicted octanol–water partition coefficient (Wildman–Crippen LogP) is -0.771. The largest absolute Gasteiger partial charge is 0.464 e. The molecule has 0 radical (unpaired) electrons. The number of rotatable bonds is 2. The van der Waals surface area contributed by atoms with Gasteiger partial charge in [-0.25, -0.2) is 14.5 Å². The van der Waals surface area contributed by atoms with E-state index in [0.717, 1.165) is 0 Å². The van der Waals surface area contributed by atoms with Crippen molar-refractivity contribution in [3.63, 3.8) is 0 Å². The number of carbonyl (C=O) groups excluding carboxylic acids is 3. The number of esters is 1. The lowest BCUT2D eigenvalue weighted by Gasteiger charge is -2.34. The van der Waals surface area contributed by atoms with Crippen LogP contribution in [-0.4, -0.2) is 35.5 Å². The van der Waals surface area contributed by atoms with Gasteiger partial charge in [0.15, 0.2) is 0 Å². The zero-order chi connectivity index (χ0) is 10.0. The van der Waals surface area contributed by atoms with Crippen LogP contribution in [0.2, 0.25) is 0 Å². The van der Waals surface area contributed by atoms with Gasteiger partial charge in [-0.3, -0.25) is 4.79 Å². The molecule has 1 atom stereocenters. The number of urea groups is 1. The first-order valence-corrected chi connectivity index (χ1v) is 3.86. The molecule has 0 aliphatic carbocycles. The summed E-state index contributed by atoms with van der Waals surface area (Å²) in [5.74, 6) is -1.02. The Balaban J connectivity index is 2.59. The lowest BCUT2D eigenvalue weighted by molar-refractivity contribution is -0.161. The second-order valence-electron chi connectivity index (χ2n) is 2.57. The molecular weight excluding hydrogens is 176 g/mol. The average molecular weight is 186 g/mol. The fraction of sp³-hybridized carbons (Fsp3) is 0.571. The van der Waals surface area contributed by atoms with Crippen molar-refractivity contribution < 1.29 is 19.1 Å². The van der Waals surface area contributed by atoms with Crippen molar-refractivity contribution in [2.45, 2.75) is 19.4 Å². The number of likely N-dealkylation sites (tertiary alicyclic amines) is 1. The van der Waals surface area contributed by atoms with E-state index >= 15 is 0 Å². The molecule has 3 amide bonds. The second kappa shape index (κ2) is 3.42. The highest BCUT2D eigenvalue weighted by atomic mass is 16.5. The Kier molecular flexibility index (Phi) is 2.50. The van der Waals surface area contributed by atoms with Gasteiger partial charge in [-0.1, -0.05) is 0 Å². The fourth-order valence-corrected chi connectivity index (χ4v) is 1.12. The number of nitrogens with two attached hydrogens (primary N) is 1. The molecule has 1 unspecified atom stereocenters. The van der Waals surface area contributed by atoms with E-state index in [4.69, 9.17) is 5.73 Å². The highest BCUT2D eigenvalue weighted by Crippen LogP contribution is 2.19. The predicted molar refractivity (Wildman–Crippen MR) is 41.5 cm³/mol. The summed E-state index contributed by atoms with van der Waals surface area (Å²) >= 11 is 0. The standard InChI is InChI=1S/C7H10N2O4/c1-2-13-6(11)4-3-5(10)9(4)7(8)12/h4H,2-3H2,1H3,(H2,8,12). The van der Waals surface area contributed by atoms with E-state index in [-0.39, 0.29) is 13.0 Å². The summed E-state index contributed by atoms with van der Waals surface area (Å²) in [6.07, 6.45) is 0.00176. The number of primary amides is 1. The third kappa shape index (κ3) is 1.61. The fourth-order valence-electron chi connectivity index (χ4n) is 1.12. The van der Waals surface area contributed by atoms with Gasteiger partial charge < -0.3 is 10.5 Å². The van der Waals surface area contributed by atoms with E-state index in [1.807, 2.05) is 0 Å². The highest BCUT2D eigenvalue weighted by Gasteiger charge is 2.45. The molecular formula is C7H10N2O4. The van der Waals surface area contributed by atoms with Crippen molar-refractivity contribution in [1.82, 2.24) is 4.90 Å². The van der Waals surface area contributed by atoms with Crippen LogP contribution in [0.25, 0.3) is 0 Å². The molecule has 0 saturated carbocycles. The Morgan fingerprint density at radius 3 is 2.69 bits per heavy atom. The van der Waals surface area contributed by atoms with E-state index < -0.39 is 23.9 Å². The van der Waals surface area contributed by atoms with Crippen LogP contribution in [0.3, 0.4) is 0 Å². The molecule has 2 N–H and O–H groups in total. The molecule has 1 saturated heterocycles. The van der Waals surface area contributed by atoms with Gasteiger partial charge in [0.1, 0.15) is 6.04 Å². The molecule has 13 heavy (non-hydrogen) atoms. The van der Waals surface area contributed by atoms with Gasteiger partial charge in [0.2, 0.25) is 5.91 Å². The Bertz CT molecular complexity index is 255. The van der Waals surface area contributed by atoms with E-state index in [2.05, 4.69) is 4.74 Å². The zero-order valence-electron chi connectivity index (χ0n) is 7.15. The minimum atomic E-state index is -0.908. The molecule has 1 fully saturated rings. The topological polar surface area (TPSA) is 89.7 Å². The first-order chi connectivity index (χ1) is 6.07. The Morgan fingerprint density at radius 1 is 1.69 bits per heavy atom. The number of β-lactam (4-membered cyclic amide) rings is 1. The van der Waals surface area contributed by atoms with Crippen molar-refractivity contribution in [3.05, 3.63) is 0 Å². The second-order valence-corrected chi connectivity index (χ2v) is 2.57. The van der Waals surface area contributed by atoms with E-state index in [9.17, 15) is 14.4 Å². The van der Waals surface area contributed by atoms with Crippen LogP contribution in [0.4, 0.5) is 4.79 Å². The minimum Gasteiger partial charge on any atom is -0.464 e. The number of nitrogens with zero attached hydrogens (tertiary/aromatic N) is 1. The number of hydrogen-bond acceptors (Lipinski definition) is 4. The molecule has 0 spiro atoms. The summed E-state index contributed by atoms with van der Waals surface area (Å²) in [7, 11) is 0. The summed E-state index contributed by atoms with van der Waals surface area (Å²) in [5.41, 5.74) is 4.87. The molecule has 0 aromatic heterocycles. The van der Waals surface area contributed by atoms with Crippen molar-refractivity contribution >= 4 is 17.9 Å². The van der Waals surface area contributed by atoms with Crippen LogP contribution in [-0.2, 0) is 14.3 Å². The highest BCUT2D eigenvalue weighted by molar-refractivity contribution is 6.05. The summed E-state index contributed by atoms with van der Waals surface area (Å²) < 4.78 is 4.63. The van der Waals surface area contributed by atoms with Gasteiger partial charge in [-0.15, -0.1) is 0 Å². The van der Waals surface area contributed by atoms with Gasteiger partial charge in [0.05, 0.1) is 13.0 Å². The third-order valence-electron chi connectivity index (χ3n) is 1.74. The SMILES string of the molecule is CCOC(=O)C1CC(=O)N1C(N)=O. The molecule has 1 aliphatic rings. The molecule has 6 heteroatoms. The number of ether oxygens (including phenoxy) is 1. The van der Waals surface area contributed by atoms with Crippen LogP contribution in [0.1, 0.15) is 13.3 Å². The van der Waals surface area contributed by atoms with Crippen LogP contribution in [0, 0.1) is 0 Å². The van der Waals surface area contributed by atoms with Crippen molar-refractivity contribution in [2.24, 2.45) is 5.73 Å². The molecule has 0 bridgehead atoms. The maximum Gasteiger partial charge on any atom is 0.329 e. The quantitative estimate of drug-likeness (QED) is 0.453. The minimum absolute atomic E-state index is 0.00176.